The first-order valence-corrected chi connectivity index (χ1v) is 5.69. The molecule has 1 heterocycles. The number of nitrogens with one attached hydrogen (secondary N) is 1. The van der Waals surface area contributed by atoms with Gasteiger partial charge >= 0.3 is 5.69 Å². The zero-order valence-corrected chi connectivity index (χ0v) is 10.9. The fourth-order valence-corrected chi connectivity index (χ4v) is 1.31. The smallest absolute Gasteiger partial charge is 0.311 e. The lowest BCUT2D eigenvalue weighted by molar-refractivity contribution is -0.384. The van der Waals surface area contributed by atoms with Gasteiger partial charge < -0.3 is 19.5 Å². The van der Waals surface area contributed by atoms with Gasteiger partial charge in [0, 0.05) is 25.8 Å². The predicted molar refractivity (Wildman–Crippen MR) is 68.6 cm³/mol. The lowest BCUT2D eigenvalue weighted by Gasteiger charge is -2.08. The van der Waals surface area contributed by atoms with Gasteiger partial charge in [-0.15, -0.1) is 0 Å². The maximum atomic E-state index is 10.8. The highest BCUT2D eigenvalue weighted by atomic mass is 16.6. The van der Waals surface area contributed by atoms with Crippen molar-refractivity contribution in [3.63, 3.8) is 0 Å². The first-order chi connectivity index (χ1) is 9.19. The number of aromatic nitrogens is 1. The van der Waals surface area contributed by atoms with Crippen molar-refractivity contribution in [2.75, 3.05) is 45.9 Å². The Kier molecular flexibility index (Phi) is 6.55. The summed E-state index contributed by atoms with van der Waals surface area (Å²) in [7, 11) is 3.04. The third kappa shape index (κ3) is 5.06. The summed E-state index contributed by atoms with van der Waals surface area (Å²) in [5.41, 5.74) is -0.0994. The van der Waals surface area contributed by atoms with Crippen molar-refractivity contribution in [3.05, 3.63) is 22.2 Å². The lowest BCUT2D eigenvalue weighted by atomic mass is 10.4. The van der Waals surface area contributed by atoms with Gasteiger partial charge in [-0.1, -0.05) is 0 Å². The maximum Gasteiger partial charge on any atom is 0.311 e. The van der Waals surface area contributed by atoms with Gasteiger partial charge in [0.05, 0.1) is 31.9 Å². The first kappa shape index (κ1) is 15.1. The van der Waals surface area contributed by atoms with Crippen LogP contribution in [0.2, 0.25) is 0 Å². The largest absolute Gasteiger partial charge is 0.481 e. The van der Waals surface area contributed by atoms with E-state index in [1.165, 1.54) is 19.2 Å². The van der Waals surface area contributed by atoms with Gasteiger partial charge in [-0.2, -0.15) is 4.98 Å². The van der Waals surface area contributed by atoms with Crippen LogP contribution in [0.25, 0.3) is 0 Å². The molecule has 8 heteroatoms. The highest BCUT2D eigenvalue weighted by molar-refractivity contribution is 5.56. The minimum absolute atomic E-state index is 0.0994. The van der Waals surface area contributed by atoms with Crippen LogP contribution in [0, 0.1) is 10.1 Å². The highest BCUT2D eigenvalue weighted by Crippen LogP contribution is 2.24. The Labute approximate surface area is 110 Å². The monoisotopic (exact) mass is 271 g/mol. The topological polar surface area (TPSA) is 95.8 Å². The summed E-state index contributed by atoms with van der Waals surface area (Å²) in [6.45, 7) is 1.80. The number of nitro groups is 1. The molecule has 1 aromatic rings. The SMILES string of the molecule is COCCOCCNc1nc(OC)ccc1[N+](=O)[O-]. The Morgan fingerprint density at radius 3 is 2.74 bits per heavy atom. The number of methoxy groups -OCH3 is 2. The van der Waals surface area contributed by atoms with Crippen LogP contribution >= 0.6 is 0 Å². The lowest BCUT2D eigenvalue weighted by Crippen LogP contribution is -2.13. The fraction of sp³-hybridized carbons (Fsp3) is 0.545. The van der Waals surface area contributed by atoms with Crippen molar-refractivity contribution in [1.29, 1.82) is 0 Å². The van der Waals surface area contributed by atoms with E-state index in [9.17, 15) is 10.1 Å². The summed E-state index contributed by atoms with van der Waals surface area (Å²) < 4.78 is 15.0. The molecule has 0 fully saturated rings. The van der Waals surface area contributed by atoms with Crippen LogP contribution in [-0.2, 0) is 9.47 Å². The van der Waals surface area contributed by atoms with Crippen molar-refractivity contribution in [1.82, 2.24) is 4.98 Å². The molecule has 0 atom stereocenters. The first-order valence-electron chi connectivity index (χ1n) is 5.69. The van der Waals surface area contributed by atoms with E-state index in [4.69, 9.17) is 14.2 Å². The van der Waals surface area contributed by atoms with Gasteiger partial charge in [0.25, 0.3) is 0 Å². The summed E-state index contributed by atoms with van der Waals surface area (Å²) in [4.78, 5) is 14.3. The van der Waals surface area contributed by atoms with E-state index in [0.717, 1.165) is 0 Å². The van der Waals surface area contributed by atoms with Crippen LogP contribution in [0.4, 0.5) is 11.5 Å². The molecular formula is C11H17N3O5. The van der Waals surface area contributed by atoms with Crippen molar-refractivity contribution in [3.8, 4) is 5.88 Å². The zero-order chi connectivity index (χ0) is 14.1. The van der Waals surface area contributed by atoms with Crippen LogP contribution < -0.4 is 10.1 Å². The van der Waals surface area contributed by atoms with Gasteiger partial charge in [0.1, 0.15) is 0 Å². The van der Waals surface area contributed by atoms with E-state index >= 15 is 0 Å². The molecule has 19 heavy (non-hydrogen) atoms. The number of nitrogens with zero attached hydrogens (tertiary/aromatic N) is 2. The average molecular weight is 271 g/mol. The third-order valence-corrected chi connectivity index (χ3v) is 2.22. The molecular weight excluding hydrogens is 254 g/mol. The molecule has 0 aliphatic carbocycles. The Bertz CT molecular complexity index is 413. The van der Waals surface area contributed by atoms with E-state index in [1.807, 2.05) is 0 Å². The Morgan fingerprint density at radius 1 is 1.32 bits per heavy atom. The second-order valence-corrected chi connectivity index (χ2v) is 3.51. The minimum Gasteiger partial charge on any atom is -0.481 e. The number of ether oxygens (including phenoxy) is 3. The van der Waals surface area contributed by atoms with Crippen LogP contribution in [0.3, 0.4) is 0 Å². The molecule has 0 unspecified atom stereocenters. The third-order valence-electron chi connectivity index (χ3n) is 2.22. The molecule has 1 N–H and O–H groups in total. The van der Waals surface area contributed by atoms with Crippen LogP contribution in [0.15, 0.2) is 12.1 Å². The standard InChI is InChI=1S/C11H17N3O5/c1-17-7-8-19-6-5-12-11-9(14(15)16)3-4-10(13-11)18-2/h3-4H,5-8H2,1-2H3,(H,12,13). The molecule has 0 aromatic carbocycles. The summed E-state index contributed by atoms with van der Waals surface area (Å²) in [6, 6.07) is 2.79. The fourth-order valence-electron chi connectivity index (χ4n) is 1.31. The van der Waals surface area contributed by atoms with Gasteiger partial charge in [-0.25, -0.2) is 0 Å². The maximum absolute atomic E-state index is 10.8. The van der Waals surface area contributed by atoms with E-state index in [0.29, 0.717) is 32.2 Å². The summed E-state index contributed by atoms with van der Waals surface area (Å²) in [6.07, 6.45) is 0. The number of rotatable bonds is 9. The molecule has 0 spiro atoms. The van der Waals surface area contributed by atoms with E-state index in [1.54, 1.807) is 7.11 Å². The molecule has 8 nitrogen and oxygen atoms in total. The van der Waals surface area contributed by atoms with E-state index < -0.39 is 4.92 Å². The van der Waals surface area contributed by atoms with Gasteiger partial charge in [-0.3, -0.25) is 10.1 Å². The molecule has 0 saturated heterocycles. The van der Waals surface area contributed by atoms with Crippen LogP contribution in [-0.4, -0.2) is 50.5 Å². The van der Waals surface area contributed by atoms with Gasteiger partial charge in [-0.05, 0) is 0 Å². The molecule has 0 saturated carbocycles. The number of anilines is 1. The van der Waals surface area contributed by atoms with Crippen molar-refractivity contribution >= 4 is 11.5 Å². The Hall–Kier alpha value is -1.93. The molecule has 106 valence electrons. The molecule has 0 aliphatic heterocycles. The molecule has 1 rings (SSSR count). The van der Waals surface area contributed by atoms with Gasteiger partial charge in [0.15, 0.2) is 0 Å². The predicted octanol–water partition coefficient (Wildman–Crippen LogP) is 1.07. The number of hydrogen-bond acceptors (Lipinski definition) is 7. The van der Waals surface area contributed by atoms with Crippen molar-refractivity contribution in [2.24, 2.45) is 0 Å². The van der Waals surface area contributed by atoms with E-state index in [2.05, 4.69) is 10.3 Å². The van der Waals surface area contributed by atoms with Crippen molar-refractivity contribution in [2.45, 2.75) is 0 Å². The Balaban J connectivity index is 2.52. The number of hydrogen-bond donors (Lipinski definition) is 1. The number of pyridine rings is 1. The van der Waals surface area contributed by atoms with Crippen LogP contribution in [0.5, 0.6) is 5.88 Å². The second kappa shape index (κ2) is 8.22. The van der Waals surface area contributed by atoms with Gasteiger partial charge in [0.2, 0.25) is 11.7 Å². The van der Waals surface area contributed by atoms with E-state index in [-0.39, 0.29) is 11.5 Å². The molecule has 0 aliphatic rings. The quantitative estimate of drug-likeness (QED) is 0.407. The normalized spacial score (nSPS) is 10.2. The van der Waals surface area contributed by atoms with Crippen molar-refractivity contribution < 1.29 is 19.1 Å². The second-order valence-electron chi connectivity index (χ2n) is 3.51. The molecule has 0 amide bonds. The average Bonchev–Trinajstić information content (AvgIpc) is 2.42. The minimum atomic E-state index is -0.499. The Morgan fingerprint density at radius 2 is 2.11 bits per heavy atom. The highest BCUT2D eigenvalue weighted by Gasteiger charge is 2.15. The summed E-state index contributed by atoms with van der Waals surface area (Å²) >= 11 is 0. The molecule has 0 bridgehead atoms. The zero-order valence-electron chi connectivity index (χ0n) is 10.9. The summed E-state index contributed by atoms with van der Waals surface area (Å²) in [5.74, 6) is 0.480. The summed E-state index contributed by atoms with van der Waals surface area (Å²) in [5, 5.41) is 13.7. The van der Waals surface area contributed by atoms with Crippen LogP contribution in [0.1, 0.15) is 0 Å². The molecule has 1 aromatic heterocycles. The molecule has 0 radical (unpaired) electrons.